The number of amides is 2. The summed E-state index contributed by atoms with van der Waals surface area (Å²) in [6, 6.07) is 30.4. The van der Waals surface area contributed by atoms with E-state index in [0.717, 1.165) is 14.9 Å². The Balaban J connectivity index is 1.49. The minimum Gasteiger partial charge on any atom is -0.496 e. The van der Waals surface area contributed by atoms with Crippen LogP contribution in [0.2, 0.25) is 0 Å². The van der Waals surface area contributed by atoms with Crippen molar-refractivity contribution in [3.63, 3.8) is 0 Å². The van der Waals surface area contributed by atoms with Gasteiger partial charge in [0.05, 0.1) is 18.4 Å². The molecular formula is C31H25BrN2O4S. The van der Waals surface area contributed by atoms with Gasteiger partial charge in [-0.1, -0.05) is 64.5 Å². The number of Topliss-reactive ketones (excluding diaryl/α,β-unsaturated/α-hetero) is 1. The van der Waals surface area contributed by atoms with Crippen molar-refractivity contribution in [2.75, 3.05) is 18.2 Å². The number of halogens is 1. The number of para-hydroxylation sites is 1. The smallest absolute Gasteiger partial charge is 0.272 e. The molecule has 4 aromatic carbocycles. The van der Waals surface area contributed by atoms with Crippen LogP contribution in [0.25, 0.3) is 6.08 Å². The summed E-state index contributed by atoms with van der Waals surface area (Å²) in [4.78, 5) is 39.7. The van der Waals surface area contributed by atoms with Crippen LogP contribution < -0.4 is 15.4 Å². The molecule has 39 heavy (non-hydrogen) atoms. The third-order valence-electron chi connectivity index (χ3n) is 5.58. The molecule has 2 amide bonds. The topological polar surface area (TPSA) is 84.5 Å². The Hall–Kier alpha value is -4.14. The van der Waals surface area contributed by atoms with Gasteiger partial charge in [-0.15, -0.1) is 11.8 Å². The minimum atomic E-state index is -0.477. The fourth-order valence-corrected chi connectivity index (χ4v) is 4.73. The first-order chi connectivity index (χ1) is 18.9. The lowest BCUT2D eigenvalue weighted by molar-refractivity contribution is -0.113. The van der Waals surface area contributed by atoms with Gasteiger partial charge in [-0.05, 0) is 66.2 Å². The SMILES string of the molecule is COc1ccccc1C(=O)CSc1cccc(NC(=O)/C(=C/c2ccc(Br)cc2)NC(=O)c2ccccc2)c1. The zero-order chi connectivity index (χ0) is 27.6. The van der Waals surface area contributed by atoms with E-state index < -0.39 is 11.8 Å². The normalized spacial score (nSPS) is 11.0. The first-order valence-electron chi connectivity index (χ1n) is 12.0. The third-order valence-corrected chi connectivity index (χ3v) is 7.10. The van der Waals surface area contributed by atoms with E-state index in [0.29, 0.717) is 22.6 Å². The average molecular weight is 602 g/mol. The first-order valence-corrected chi connectivity index (χ1v) is 13.7. The molecule has 0 heterocycles. The van der Waals surface area contributed by atoms with Gasteiger partial charge in [0.1, 0.15) is 11.4 Å². The van der Waals surface area contributed by atoms with Crippen LogP contribution in [0.15, 0.2) is 118 Å². The number of rotatable bonds is 10. The second-order valence-corrected chi connectivity index (χ2v) is 10.3. The number of thioether (sulfide) groups is 1. The number of methoxy groups -OCH3 is 1. The molecule has 0 aliphatic rings. The molecule has 0 aromatic heterocycles. The number of nitrogens with one attached hydrogen (secondary N) is 2. The number of hydrogen-bond donors (Lipinski definition) is 2. The maximum atomic E-state index is 13.3. The van der Waals surface area contributed by atoms with E-state index in [-0.39, 0.29) is 17.2 Å². The molecule has 4 aromatic rings. The van der Waals surface area contributed by atoms with Crippen LogP contribution in [0.3, 0.4) is 0 Å². The highest BCUT2D eigenvalue weighted by Gasteiger charge is 2.16. The Labute approximate surface area is 239 Å². The summed E-state index contributed by atoms with van der Waals surface area (Å²) in [7, 11) is 1.53. The molecule has 0 saturated heterocycles. The van der Waals surface area contributed by atoms with E-state index in [2.05, 4.69) is 26.6 Å². The van der Waals surface area contributed by atoms with E-state index in [4.69, 9.17) is 4.74 Å². The molecule has 0 aliphatic carbocycles. The molecule has 8 heteroatoms. The molecule has 0 unspecified atom stereocenters. The van der Waals surface area contributed by atoms with Crippen molar-refractivity contribution in [1.29, 1.82) is 0 Å². The fourth-order valence-electron chi connectivity index (χ4n) is 3.63. The number of ketones is 1. The van der Waals surface area contributed by atoms with Crippen LogP contribution in [-0.4, -0.2) is 30.5 Å². The Bertz CT molecular complexity index is 1500. The summed E-state index contributed by atoms with van der Waals surface area (Å²) in [5, 5.41) is 5.60. The molecule has 0 saturated carbocycles. The number of benzene rings is 4. The summed E-state index contributed by atoms with van der Waals surface area (Å²) in [6.07, 6.45) is 1.62. The number of carbonyl (C=O) groups excluding carboxylic acids is 3. The number of hydrogen-bond acceptors (Lipinski definition) is 5. The van der Waals surface area contributed by atoms with Gasteiger partial charge in [0.15, 0.2) is 5.78 Å². The molecule has 6 nitrogen and oxygen atoms in total. The van der Waals surface area contributed by atoms with Crippen molar-refractivity contribution < 1.29 is 19.1 Å². The van der Waals surface area contributed by atoms with E-state index in [1.165, 1.54) is 18.9 Å². The second-order valence-electron chi connectivity index (χ2n) is 8.32. The molecule has 0 radical (unpaired) electrons. The largest absolute Gasteiger partial charge is 0.496 e. The summed E-state index contributed by atoms with van der Waals surface area (Å²) < 4.78 is 6.19. The second kappa shape index (κ2) is 13.6. The highest BCUT2D eigenvalue weighted by Crippen LogP contribution is 2.25. The van der Waals surface area contributed by atoms with Gasteiger partial charge in [0, 0.05) is 20.6 Å². The zero-order valence-electron chi connectivity index (χ0n) is 21.0. The first kappa shape index (κ1) is 27.9. The Morgan fingerprint density at radius 3 is 2.33 bits per heavy atom. The van der Waals surface area contributed by atoms with Gasteiger partial charge < -0.3 is 15.4 Å². The van der Waals surface area contributed by atoms with Crippen molar-refractivity contribution >= 4 is 57.1 Å². The molecular weight excluding hydrogens is 576 g/mol. The minimum absolute atomic E-state index is 0.0600. The monoisotopic (exact) mass is 600 g/mol. The third kappa shape index (κ3) is 7.92. The maximum Gasteiger partial charge on any atom is 0.272 e. The molecule has 196 valence electrons. The van der Waals surface area contributed by atoms with Crippen molar-refractivity contribution in [2.24, 2.45) is 0 Å². The van der Waals surface area contributed by atoms with Gasteiger partial charge in [-0.2, -0.15) is 0 Å². The van der Waals surface area contributed by atoms with Crippen molar-refractivity contribution in [3.05, 3.63) is 130 Å². The summed E-state index contributed by atoms with van der Waals surface area (Å²) in [5.41, 5.74) is 2.33. The summed E-state index contributed by atoms with van der Waals surface area (Å²) >= 11 is 4.76. The molecule has 4 rings (SSSR count). The molecule has 0 atom stereocenters. The fraction of sp³-hybridized carbons (Fsp3) is 0.0645. The lowest BCUT2D eigenvalue weighted by Crippen LogP contribution is -2.30. The van der Waals surface area contributed by atoms with Crippen LogP contribution >= 0.6 is 27.7 Å². The maximum absolute atomic E-state index is 13.3. The van der Waals surface area contributed by atoms with Crippen LogP contribution in [0, 0.1) is 0 Å². The summed E-state index contributed by atoms with van der Waals surface area (Å²) in [6.45, 7) is 0. The molecule has 2 N–H and O–H groups in total. The standard InChI is InChI=1S/C31H25BrN2O4S/c1-38-29-13-6-5-12-26(29)28(35)20-39-25-11-7-10-24(19-25)33-31(37)27(18-21-14-16-23(32)17-15-21)34-30(36)22-8-3-2-4-9-22/h2-19H,20H2,1H3,(H,33,37)(H,34,36)/b27-18-. The van der Waals surface area contributed by atoms with Crippen LogP contribution in [-0.2, 0) is 4.79 Å². The van der Waals surface area contributed by atoms with Gasteiger partial charge in [0.25, 0.3) is 11.8 Å². The lowest BCUT2D eigenvalue weighted by Gasteiger charge is -2.12. The van der Waals surface area contributed by atoms with Gasteiger partial charge in [-0.25, -0.2) is 0 Å². The van der Waals surface area contributed by atoms with Gasteiger partial charge in [-0.3, -0.25) is 14.4 Å². The number of anilines is 1. The summed E-state index contributed by atoms with van der Waals surface area (Å²) in [5.74, 6) is -0.190. The van der Waals surface area contributed by atoms with Crippen LogP contribution in [0.4, 0.5) is 5.69 Å². The van der Waals surface area contributed by atoms with E-state index in [9.17, 15) is 14.4 Å². The molecule has 0 bridgehead atoms. The highest BCUT2D eigenvalue weighted by molar-refractivity contribution is 9.10. The van der Waals surface area contributed by atoms with Crippen LogP contribution in [0.5, 0.6) is 5.75 Å². The lowest BCUT2D eigenvalue weighted by atomic mass is 10.1. The predicted molar refractivity (Wildman–Crippen MR) is 159 cm³/mol. The molecule has 0 aliphatic heterocycles. The molecule has 0 fully saturated rings. The zero-order valence-corrected chi connectivity index (χ0v) is 23.4. The number of ether oxygens (including phenoxy) is 1. The van der Waals surface area contributed by atoms with Gasteiger partial charge in [0.2, 0.25) is 0 Å². The highest BCUT2D eigenvalue weighted by atomic mass is 79.9. The predicted octanol–water partition coefficient (Wildman–Crippen LogP) is 6.84. The van der Waals surface area contributed by atoms with Crippen molar-refractivity contribution in [2.45, 2.75) is 4.90 Å². The molecule has 0 spiro atoms. The Morgan fingerprint density at radius 2 is 1.59 bits per heavy atom. The quantitative estimate of drug-likeness (QED) is 0.118. The van der Waals surface area contributed by atoms with E-state index >= 15 is 0 Å². The average Bonchev–Trinajstić information content (AvgIpc) is 2.97. The van der Waals surface area contributed by atoms with E-state index in [1.807, 2.05) is 42.5 Å². The Kier molecular flexibility index (Phi) is 9.72. The van der Waals surface area contributed by atoms with Gasteiger partial charge >= 0.3 is 0 Å². The van der Waals surface area contributed by atoms with Crippen molar-refractivity contribution in [3.8, 4) is 5.75 Å². The Morgan fingerprint density at radius 1 is 0.872 bits per heavy atom. The number of carbonyl (C=O) groups is 3. The van der Waals surface area contributed by atoms with Crippen molar-refractivity contribution in [1.82, 2.24) is 5.32 Å². The van der Waals surface area contributed by atoms with Crippen LogP contribution in [0.1, 0.15) is 26.3 Å². The van der Waals surface area contributed by atoms with E-state index in [1.54, 1.807) is 66.7 Å².